The van der Waals surface area contributed by atoms with E-state index in [0.29, 0.717) is 6.54 Å². The largest absolute Gasteiger partial charge is 0.242 e. The maximum atomic E-state index is 12.7. The van der Waals surface area contributed by atoms with Crippen LogP contribution in [0.3, 0.4) is 0 Å². The Kier molecular flexibility index (Phi) is 2.94. The first kappa shape index (κ1) is 9.67. The third-order valence-electron chi connectivity index (χ3n) is 1.89. The van der Waals surface area contributed by atoms with Gasteiger partial charge in [-0.1, -0.05) is 30.3 Å². The van der Waals surface area contributed by atoms with E-state index < -0.39 is 5.95 Å². The molecule has 0 aliphatic carbocycles. The molecule has 0 saturated carbocycles. The van der Waals surface area contributed by atoms with Crippen molar-refractivity contribution >= 4 is 6.21 Å². The summed E-state index contributed by atoms with van der Waals surface area (Å²) in [4.78, 5) is 0. The number of nitrogens with one attached hydrogen (secondary N) is 2. The van der Waals surface area contributed by atoms with Crippen LogP contribution >= 0.6 is 0 Å². The second-order valence-corrected chi connectivity index (χ2v) is 3.02. The van der Waals surface area contributed by atoms with Gasteiger partial charge in [-0.15, -0.1) is 10.3 Å². The Morgan fingerprint density at radius 3 is 2.87 bits per heavy atom. The summed E-state index contributed by atoms with van der Waals surface area (Å²) in [6.45, 7) is 0.582. The van der Waals surface area contributed by atoms with E-state index in [1.165, 1.54) is 17.5 Å². The van der Waals surface area contributed by atoms with Crippen molar-refractivity contribution in [2.45, 2.75) is 6.54 Å². The Labute approximate surface area is 87.0 Å². The molecule has 1 aliphatic rings. The molecule has 0 radical (unpaired) electrons. The number of rotatable bonds is 3. The number of benzene rings is 1. The monoisotopic (exact) mass is 206 g/mol. The summed E-state index contributed by atoms with van der Waals surface area (Å²) in [7, 11) is 0. The van der Waals surface area contributed by atoms with E-state index in [0.717, 1.165) is 5.56 Å². The van der Waals surface area contributed by atoms with E-state index in [-0.39, 0.29) is 0 Å². The zero-order chi connectivity index (χ0) is 10.5. The first-order valence-electron chi connectivity index (χ1n) is 4.58. The van der Waals surface area contributed by atoms with Crippen LogP contribution in [0.25, 0.3) is 0 Å². The number of allylic oxidation sites excluding steroid dienone is 1. The van der Waals surface area contributed by atoms with Gasteiger partial charge in [0.2, 0.25) is 5.95 Å². The van der Waals surface area contributed by atoms with Crippen molar-refractivity contribution in [1.82, 2.24) is 16.1 Å². The number of halogens is 1. The van der Waals surface area contributed by atoms with E-state index in [9.17, 15) is 4.39 Å². The van der Waals surface area contributed by atoms with Crippen LogP contribution in [0.2, 0.25) is 0 Å². The fourth-order valence-corrected chi connectivity index (χ4v) is 1.18. The van der Waals surface area contributed by atoms with Gasteiger partial charge in [0.05, 0.1) is 6.21 Å². The summed E-state index contributed by atoms with van der Waals surface area (Å²) in [6.07, 6.45) is 2.63. The highest BCUT2D eigenvalue weighted by Crippen LogP contribution is 2.00. The molecule has 0 fully saturated rings. The van der Waals surface area contributed by atoms with Crippen LogP contribution in [0, 0.1) is 0 Å². The SMILES string of the molecule is FC1=CC=NN(NCc2ccccc2)N1. The van der Waals surface area contributed by atoms with Crippen molar-refractivity contribution in [1.29, 1.82) is 0 Å². The quantitative estimate of drug-likeness (QED) is 0.732. The first-order valence-corrected chi connectivity index (χ1v) is 4.58. The van der Waals surface area contributed by atoms with Crippen molar-refractivity contribution < 1.29 is 4.39 Å². The molecule has 0 saturated heterocycles. The van der Waals surface area contributed by atoms with Gasteiger partial charge in [0.25, 0.3) is 0 Å². The number of hydrazine groups is 2. The second-order valence-electron chi connectivity index (χ2n) is 3.02. The normalized spacial score (nSPS) is 14.7. The van der Waals surface area contributed by atoms with Crippen molar-refractivity contribution in [3.05, 3.63) is 47.9 Å². The average molecular weight is 206 g/mol. The Morgan fingerprint density at radius 2 is 2.13 bits per heavy atom. The highest BCUT2D eigenvalue weighted by molar-refractivity contribution is 5.71. The summed E-state index contributed by atoms with van der Waals surface area (Å²) in [6, 6.07) is 9.80. The predicted octanol–water partition coefficient (Wildman–Crippen LogP) is 1.31. The third-order valence-corrected chi connectivity index (χ3v) is 1.89. The minimum absolute atomic E-state index is 0.439. The minimum atomic E-state index is -0.439. The summed E-state index contributed by atoms with van der Waals surface area (Å²) in [5, 5.41) is 5.10. The van der Waals surface area contributed by atoms with Crippen molar-refractivity contribution in [2.24, 2.45) is 5.10 Å². The van der Waals surface area contributed by atoms with Gasteiger partial charge in [0.1, 0.15) is 0 Å². The Bertz CT molecular complexity index is 374. The molecule has 2 rings (SSSR count). The Hall–Kier alpha value is -1.88. The Morgan fingerprint density at radius 1 is 1.33 bits per heavy atom. The molecule has 0 bridgehead atoms. The van der Waals surface area contributed by atoms with Crippen molar-refractivity contribution in [2.75, 3.05) is 0 Å². The fourth-order valence-electron chi connectivity index (χ4n) is 1.18. The molecule has 1 aromatic rings. The van der Waals surface area contributed by atoms with Crippen LogP contribution in [0.15, 0.2) is 47.5 Å². The zero-order valence-electron chi connectivity index (χ0n) is 8.02. The summed E-state index contributed by atoms with van der Waals surface area (Å²) in [5.41, 5.74) is 6.42. The molecule has 2 N–H and O–H groups in total. The van der Waals surface area contributed by atoms with Gasteiger partial charge in [-0.25, -0.2) is 5.43 Å². The lowest BCUT2D eigenvalue weighted by molar-refractivity contribution is 0.117. The van der Waals surface area contributed by atoms with Crippen molar-refractivity contribution in [3.8, 4) is 0 Å². The van der Waals surface area contributed by atoms with Gasteiger partial charge in [-0.2, -0.15) is 9.82 Å². The molecule has 0 aromatic heterocycles. The highest BCUT2D eigenvalue weighted by Gasteiger charge is 2.04. The third kappa shape index (κ3) is 2.78. The van der Waals surface area contributed by atoms with Gasteiger partial charge in [-0.05, 0) is 5.56 Å². The van der Waals surface area contributed by atoms with Crippen LogP contribution in [0.1, 0.15) is 5.56 Å². The lowest BCUT2D eigenvalue weighted by Gasteiger charge is -2.21. The smallest absolute Gasteiger partial charge is 0.209 e. The van der Waals surface area contributed by atoms with Gasteiger partial charge in [0.15, 0.2) is 0 Å². The predicted molar refractivity (Wildman–Crippen MR) is 55.9 cm³/mol. The van der Waals surface area contributed by atoms with E-state index in [2.05, 4.69) is 16.0 Å². The van der Waals surface area contributed by atoms with Crippen LogP contribution in [0.5, 0.6) is 0 Å². The molecule has 4 nitrogen and oxygen atoms in total. The van der Waals surface area contributed by atoms with Gasteiger partial charge >= 0.3 is 0 Å². The van der Waals surface area contributed by atoms with Gasteiger partial charge in [-0.3, -0.25) is 0 Å². The molecule has 0 atom stereocenters. The van der Waals surface area contributed by atoms with Crippen LogP contribution in [-0.4, -0.2) is 11.4 Å². The van der Waals surface area contributed by atoms with Crippen LogP contribution < -0.4 is 10.9 Å². The topological polar surface area (TPSA) is 39.7 Å². The number of hydrazone groups is 1. The molecule has 78 valence electrons. The minimum Gasteiger partial charge on any atom is -0.242 e. The van der Waals surface area contributed by atoms with Crippen molar-refractivity contribution in [3.63, 3.8) is 0 Å². The fraction of sp³-hybridized carbons (Fsp3) is 0.100. The first-order chi connectivity index (χ1) is 7.34. The lowest BCUT2D eigenvalue weighted by atomic mass is 10.2. The van der Waals surface area contributed by atoms with E-state index in [4.69, 9.17) is 0 Å². The van der Waals surface area contributed by atoms with E-state index in [1.54, 1.807) is 0 Å². The average Bonchev–Trinajstić information content (AvgIpc) is 2.28. The Balaban J connectivity index is 1.85. The van der Waals surface area contributed by atoms with E-state index in [1.807, 2.05) is 30.3 Å². The maximum Gasteiger partial charge on any atom is 0.209 e. The summed E-state index contributed by atoms with van der Waals surface area (Å²) < 4.78 is 12.7. The zero-order valence-corrected chi connectivity index (χ0v) is 8.02. The van der Waals surface area contributed by atoms with E-state index >= 15 is 0 Å². The molecular weight excluding hydrogens is 195 g/mol. The van der Waals surface area contributed by atoms with Gasteiger partial charge < -0.3 is 0 Å². The summed E-state index contributed by atoms with van der Waals surface area (Å²) in [5.74, 6) is -0.439. The van der Waals surface area contributed by atoms with Crippen LogP contribution in [0.4, 0.5) is 4.39 Å². The van der Waals surface area contributed by atoms with Crippen LogP contribution in [-0.2, 0) is 6.54 Å². The highest BCUT2D eigenvalue weighted by atomic mass is 19.1. The molecule has 0 amide bonds. The molecule has 1 aliphatic heterocycles. The molecule has 0 spiro atoms. The summed E-state index contributed by atoms with van der Waals surface area (Å²) >= 11 is 0. The molecule has 15 heavy (non-hydrogen) atoms. The number of nitrogens with zero attached hydrogens (tertiary/aromatic N) is 2. The molecular formula is C10H11FN4. The lowest BCUT2D eigenvalue weighted by Crippen LogP contribution is -2.44. The standard InChI is InChI=1S/C10H11FN4/c11-10-6-7-12-15(14-10)13-8-9-4-2-1-3-5-9/h1-7,13-14H,8H2. The van der Waals surface area contributed by atoms with Gasteiger partial charge in [0, 0.05) is 12.6 Å². The number of hydrogen-bond donors (Lipinski definition) is 2. The molecule has 0 unspecified atom stereocenters. The molecule has 1 heterocycles. The maximum absolute atomic E-state index is 12.7. The molecule has 5 heteroatoms. The molecule has 1 aromatic carbocycles. The number of hydrogen-bond acceptors (Lipinski definition) is 4. The second kappa shape index (κ2) is 4.56.